The number of hydrogen-bond donors (Lipinski definition) is 2. The number of nitrogens with one attached hydrogen (secondary N) is 2. The van der Waals surface area contributed by atoms with Crippen molar-refractivity contribution in [1.82, 2.24) is 15.5 Å². The van der Waals surface area contributed by atoms with Gasteiger partial charge in [-0.25, -0.2) is 0 Å². The van der Waals surface area contributed by atoms with Gasteiger partial charge in [-0.1, -0.05) is 0 Å². The normalized spacial score (nSPS) is 20.6. The molecule has 1 aliphatic heterocycles. The molecule has 74 valence electrons. The van der Waals surface area contributed by atoms with E-state index in [1.54, 1.807) is 14.0 Å². The second-order valence-electron chi connectivity index (χ2n) is 3.11. The fraction of sp³-hybridized carbons (Fsp3) is 0.750. The van der Waals surface area contributed by atoms with Gasteiger partial charge < -0.3 is 10.6 Å². The van der Waals surface area contributed by atoms with E-state index in [0.717, 1.165) is 6.54 Å². The number of piperazine rings is 1. The lowest BCUT2D eigenvalue weighted by molar-refractivity contribution is -0.129. The summed E-state index contributed by atoms with van der Waals surface area (Å²) in [7, 11) is 1.60. The minimum absolute atomic E-state index is 0.0120. The SMILES string of the molecule is CNC(=O)C(C)N1CCNC(=O)C1. The molecule has 1 saturated heterocycles. The van der Waals surface area contributed by atoms with E-state index in [1.165, 1.54) is 0 Å². The number of carbonyl (C=O) groups excluding carboxylic acids is 2. The molecule has 1 unspecified atom stereocenters. The van der Waals surface area contributed by atoms with Crippen LogP contribution in [0.25, 0.3) is 0 Å². The molecule has 0 spiro atoms. The van der Waals surface area contributed by atoms with E-state index in [2.05, 4.69) is 10.6 Å². The molecule has 1 rings (SSSR count). The monoisotopic (exact) mass is 185 g/mol. The van der Waals surface area contributed by atoms with Gasteiger partial charge in [0.05, 0.1) is 12.6 Å². The van der Waals surface area contributed by atoms with Crippen molar-refractivity contribution in [3.8, 4) is 0 Å². The third-order valence-corrected chi connectivity index (χ3v) is 2.24. The zero-order valence-corrected chi connectivity index (χ0v) is 7.96. The van der Waals surface area contributed by atoms with Gasteiger partial charge in [0, 0.05) is 20.1 Å². The van der Waals surface area contributed by atoms with Gasteiger partial charge in [-0.3, -0.25) is 14.5 Å². The molecule has 1 fully saturated rings. The van der Waals surface area contributed by atoms with Crippen LogP contribution in [-0.2, 0) is 9.59 Å². The van der Waals surface area contributed by atoms with Gasteiger partial charge in [-0.2, -0.15) is 0 Å². The summed E-state index contributed by atoms with van der Waals surface area (Å²) in [6.07, 6.45) is 0. The smallest absolute Gasteiger partial charge is 0.236 e. The molecule has 1 heterocycles. The summed E-state index contributed by atoms with van der Waals surface area (Å²) in [6, 6.07) is -0.226. The van der Waals surface area contributed by atoms with Crippen molar-refractivity contribution >= 4 is 11.8 Å². The Morgan fingerprint density at radius 3 is 2.92 bits per heavy atom. The molecule has 5 nitrogen and oxygen atoms in total. The number of carbonyl (C=O) groups is 2. The van der Waals surface area contributed by atoms with Crippen LogP contribution in [0.1, 0.15) is 6.92 Å². The first-order valence-corrected chi connectivity index (χ1v) is 4.37. The zero-order valence-electron chi connectivity index (χ0n) is 7.96. The highest BCUT2D eigenvalue weighted by Gasteiger charge is 2.24. The number of rotatable bonds is 2. The average Bonchev–Trinajstić information content (AvgIpc) is 2.15. The molecule has 0 bridgehead atoms. The maximum absolute atomic E-state index is 11.2. The van der Waals surface area contributed by atoms with E-state index in [4.69, 9.17) is 0 Å². The van der Waals surface area contributed by atoms with E-state index in [9.17, 15) is 9.59 Å². The van der Waals surface area contributed by atoms with E-state index in [1.807, 2.05) is 4.90 Å². The number of nitrogens with zero attached hydrogens (tertiary/aromatic N) is 1. The predicted octanol–water partition coefficient (Wildman–Crippen LogP) is -1.45. The van der Waals surface area contributed by atoms with Crippen molar-refractivity contribution in [1.29, 1.82) is 0 Å². The minimum Gasteiger partial charge on any atom is -0.358 e. The van der Waals surface area contributed by atoms with Crippen LogP contribution in [0.15, 0.2) is 0 Å². The lowest BCUT2D eigenvalue weighted by Gasteiger charge is -2.30. The fourth-order valence-corrected chi connectivity index (χ4v) is 1.36. The van der Waals surface area contributed by atoms with Crippen molar-refractivity contribution in [3.63, 3.8) is 0 Å². The van der Waals surface area contributed by atoms with E-state index < -0.39 is 0 Å². The van der Waals surface area contributed by atoms with Crippen LogP contribution in [-0.4, -0.2) is 49.4 Å². The quantitative estimate of drug-likeness (QED) is 0.553. The van der Waals surface area contributed by atoms with Crippen molar-refractivity contribution in [3.05, 3.63) is 0 Å². The molecule has 0 aliphatic carbocycles. The van der Waals surface area contributed by atoms with Gasteiger partial charge >= 0.3 is 0 Å². The summed E-state index contributed by atoms with van der Waals surface area (Å²) in [6.45, 7) is 3.48. The molecule has 2 N–H and O–H groups in total. The summed E-state index contributed by atoms with van der Waals surface area (Å²) in [4.78, 5) is 24.1. The second-order valence-corrected chi connectivity index (χ2v) is 3.11. The van der Waals surface area contributed by atoms with Gasteiger partial charge in [0.2, 0.25) is 11.8 Å². The van der Waals surface area contributed by atoms with Gasteiger partial charge in [-0.15, -0.1) is 0 Å². The molecule has 5 heteroatoms. The highest BCUT2D eigenvalue weighted by molar-refractivity contribution is 5.83. The largest absolute Gasteiger partial charge is 0.358 e. The summed E-state index contributed by atoms with van der Waals surface area (Å²) in [5.41, 5.74) is 0. The first-order chi connectivity index (χ1) is 6.15. The average molecular weight is 185 g/mol. The predicted molar refractivity (Wildman–Crippen MR) is 48.1 cm³/mol. The Kier molecular flexibility index (Phi) is 3.25. The van der Waals surface area contributed by atoms with Crippen LogP contribution in [0, 0.1) is 0 Å². The lowest BCUT2D eigenvalue weighted by atomic mass is 10.2. The number of amides is 2. The van der Waals surface area contributed by atoms with Crippen LogP contribution < -0.4 is 10.6 Å². The molecule has 0 radical (unpaired) electrons. The van der Waals surface area contributed by atoms with Crippen molar-refractivity contribution in [2.75, 3.05) is 26.7 Å². The highest BCUT2D eigenvalue weighted by atomic mass is 16.2. The minimum atomic E-state index is -0.226. The van der Waals surface area contributed by atoms with Gasteiger partial charge in [0.25, 0.3) is 0 Å². The number of hydrogen-bond acceptors (Lipinski definition) is 3. The molecular weight excluding hydrogens is 170 g/mol. The molecule has 13 heavy (non-hydrogen) atoms. The Bertz CT molecular complexity index is 217. The Labute approximate surface area is 77.5 Å². The Balaban J connectivity index is 2.50. The summed E-state index contributed by atoms with van der Waals surface area (Å²) in [5.74, 6) is -0.0586. The summed E-state index contributed by atoms with van der Waals surface area (Å²) in [5, 5.41) is 5.28. The molecule has 0 aromatic carbocycles. The van der Waals surface area contributed by atoms with E-state index >= 15 is 0 Å². The number of likely N-dealkylation sites (N-methyl/N-ethyl adjacent to an activating group) is 1. The fourth-order valence-electron chi connectivity index (χ4n) is 1.36. The molecule has 2 amide bonds. The molecule has 1 atom stereocenters. The Morgan fingerprint density at radius 1 is 1.69 bits per heavy atom. The van der Waals surface area contributed by atoms with Gasteiger partial charge in [0.1, 0.15) is 0 Å². The summed E-state index contributed by atoms with van der Waals surface area (Å²) < 4.78 is 0. The van der Waals surface area contributed by atoms with Crippen LogP contribution in [0.3, 0.4) is 0 Å². The Hall–Kier alpha value is -1.10. The third-order valence-electron chi connectivity index (χ3n) is 2.24. The topological polar surface area (TPSA) is 61.4 Å². The first-order valence-electron chi connectivity index (χ1n) is 4.37. The second kappa shape index (κ2) is 4.23. The van der Waals surface area contributed by atoms with E-state index in [-0.39, 0.29) is 17.9 Å². The van der Waals surface area contributed by atoms with Crippen molar-refractivity contribution < 1.29 is 9.59 Å². The first kappa shape index (κ1) is 9.98. The van der Waals surface area contributed by atoms with Crippen LogP contribution in [0.2, 0.25) is 0 Å². The summed E-state index contributed by atoms with van der Waals surface area (Å²) >= 11 is 0. The maximum Gasteiger partial charge on any atom is 0.236 e. The standard InChI is InChI=1S/C8H15N3O2/c1-6(8(13)9-2)11-4-3-10-7(12)5-11/h6H,3-5H2,1-2H3,(H,9,13)(H,10,12). The highest BCUT2D eigenvalue weighted by Crippen LogP contribution is 2.00. The van der Waals surface area contributed by atoms with Crippen molar-refractivity contribution in [2.24, 2.45) is 0 Å². The van der Waals surface area contributed by atoms with Gasteiger partial charge in [0.15, 0.2) is 0 Å². The molecule has 0 aromatic heterocycles. The maximum atomic E-state index is 11.2. The van der Waals surface area contributed by atoms with Crippen LogP contribution in [0.5, 0.6) is 0 Å². The zero-order chi connectivity index (χ0) is 9.84. The molecular formula is C8H15N3O2. The molecule has 0 saturated carbocycles. The molecule has 1 aliphatic rings. The lowest BCUT2D eigenvalue weighted by Crippen LogP contribution is -2.54. The van der Waals surface area contributed by atoms with Crippen LogP contribution in [0.4, 0.5) is 0 Å². The Morgan fingerprint density at radius 2 is 2.38 bits per heavy atom. The van der Waals surface area contributed by atoms with Gasteiger partial charge in [-0.05, 0) is 6.92 Å². The third kappa shape index (κ3) is 2.42. The molecule has 0 aromatic rings. The van der Waals surface area contributed by atoms with E-state index in [0.29, 0.717) is 13.1 Å². The van der Waals surface area contributed by atoms with Crippen molar-refractivity contribution in [2.45, 2.75) is 13.0 Å². The van der Waals surface area contributed by atoms with Crippen LogP contribution >= 0.6 is 0 Å².